The molecule has 0 aliphatic carbocycles. The molecule has 0 radical (unpaired) electrons. The van der Waals surface area contributed by atoms with Gasteiger partial charge < -0.3 is 27.7 Å². The summed E-state index contributed by atoms with van der Waals surface area (Å²) in [6.45, 7) is -0.131. The Bertz CT molecular complexity index is 4790. The number of aromatic nitrogens is 4. The topological polar surface area (TPSA) is 38.2 Å². The van der Waals surface area contributed by atoms with Gasteiger partial charge in [0, 0.05) is 82.9 Å². The number of fused-ring (bicyclic) bond motifs is 20. The molecule has 0 N–H and O–H groups in total. The number of rotatable bonds is 2. The van der Waals surface area contributed by atoms with Gasteiger partial charge in [0.05, 0.1) is 33.1 Å². The van der Waals surface area contributed by atoms with Crippen LogP contribution in [-0.2, 0) is 0 Å². The van der Waals surface area contributed by atoms with Crippen molar-refractivity contribution in [2.75, 3.05) is 0 Å². The average molecular weight is 939 g/mol. The van der Waals surface area contributed by atoms with Crippen molar-refractivity contribution in [3.8, 4) is 45.7 Å². The molecule has 8 heterocycles. The van der Waals surface area contributed by atoms with Crippen molar-refractivity contribution >= 4 is 133 Å². The Morgan fingerprint density at radius 3 is 1.15 bits per heavy atom. The fraction of sp³-hybridized carbons (Fsp3) is 0. The third-order valence-electron chi connectivity index (χ3n) is 17.2. The van der Waals surface area contributed by atoms with Crippen LogP contribution in [0.5, 0.6) is 23.0 Å². The fourth-order valence-corrected chi connectivity index (χ4v) is 14.4. The van der Waals surface area contributed by atoms with Gasteiger partial charge in [0.15, 0.2) is 0 Å². The van der Waals surface area contributed by atoms with Gasteiger partial charge in [0.2, 0.25) is 0 Å². The predicted octanol–water partition coefficient (Wildman–Crippen LogP) is 11.9. The molecule has 74 heavy (non-hydrogen) atoms. The molecule has 8 heteroatoms. The lowest BCUT2D eigenvalue weighted by molar-refractivity contribution is 0.465. The van der Waals surface area contributed by atoms with Crippen LogP contribution >= 0.6 is 0 Å². The number of ether oxygens (including phenoxy) is 2. The van der Waals surface area contributed by atoms with E-state index in [0.29, 0.717) is 0 Å². The van der Waals surface area contributed by atoms with Gasteiger partial charge in [-0.05, 0) is 118 Å². The van der Waals surface area contributed by atoms with Crippen molar-refractivity contribution in [2.24, 2.45) is 0 Å². The molecule has 6 nitrogen and oxygen atoms in total. The van der Waals surface area contributed by atoms with Gasteiger partial charge in [-0.25, -0.2) is 0 Å². The zero-order valence-corrected chi connectivity index (χ0v) is 39.5. The number of para-hydroxylation sites is 6. The Kier molecular flexibility index (Phi) is 6.82. The maximum Gasteiger partial charge on any atom is 0.256 e. The summed E-state index contributed by atoms with van der Waals surface area (Å²) in [4.78, 5) is 0. The molecule has 0 spiro atoms. The van der Waals surface area contributed by atoms with E-state index in [2.05, 4.69) is 237 Å². The molecule has 4 aromatic heterocycles. The van der Waals surface area contributed by atoms with Crippen LogP contribution in [0.4, 0.5) is 0 Å². The van der Waals surface area contributed by atoms with Crippen LogP contribution in [0, 0.1) is 0 Å². The van der Waals surface area contributed by atoms with Gasteiger partial charge in [-0.3, -0.25) is 0 Å². The third kappa shape index (κ3) is 4.50. The lowest BCUT2D eigenvalue weighted by Gasteiger charge is -2.36. The highest BCUT2D eigenvalue weighted by Crippen LogP contribution is 2.45. The summed E-state index contributed by atoms with van der Waals surface area (Å²) in [7, 11) is 0. The van der Waals surface area contributed by atoms with Crippen molar-refractivity contribution in [3.63, 3.8) is 0 Å². The fourth-order valence-electron chi connectivity index (χ4n) is 14.4. The van der Waals surface area contributed by atoms with Gasteiger partial charge in [-0.1, -0.05) is 127 Å². The van der Waals surface area contributed by atoms with Crippen molar-refractivity contribution in [1.82, 2.24) is 18.3 Å². The minimum Gasteiger partial charge on any atom is -0.458 e. The lowest BCUT2D eigenvalue weighted by Crippen LogP contribution is -2.62. The SMILES string of the molecule is c1ccc(-n2c3ccccc3c3cc4c5cccc6c5n(c4cc32)-c2cccc3c2B6c2cc4c(cc2O3)Oc2cccc3c2B4c2cccc4c5cc6c7ccccc7n(-c7ccccc7)c6cc5n-3c24)cc1. The molecule has 19 rings (SSSR count). The van der Waals surface area contributed by atoms with E-state index >= 15 is 0 Å². The van der Waals surface area contributed by atoms with Gasteiger partial charge in [0.25, 0.3) is 13.4 Å². The van der Waals surface area contributed by atoms with Crippen LogP contribution in [0.2, 0.25) is 0 Å². The summed E-state index contributed by atoms with van der Waals surface area (Å²) in [5.74, 6) is 3.45. The standard InChI is InChI=1S/C66H36B2N4O2/c1-3-15-37(16-4-1)69-51-25-9-7-19-39(51)43-31-45-41-21-11-23-47-65(41)71(57(45)34-55(43)69)53-27-13-29-59-63(53)67(47)49-33-50-62(36-61(49)73-59)74-60-30-14-28-54-64(60)68(50)48-24-12-22-42-46-32-44-40-20-8-10-26-52(40)70(38-17-5-2-6-18-38)56(44)35-58(46)72(54)66(42)48/h1-36H. The molecule has 4 aliphatic heterocycles. The Labute approximate surface area is 423 Å². The van der Waals surface area contributed by atoms with Crippen molar-refractivity contribution in [3.05, 3.63) is 218 Å². The molecule has 0 fully saturated rings. The molecule has 0 saturated heterocycles. The maximum absolute atomic E-state index is 7.12. The van der Waals surface area contributed by atoms with E-state index in [9.17, 15) is 0 Å². The summed E-state index contributed by atoms with van der Waals surface area (Å²) >= 11 is 0. The molecular formula is C66H36B2N4O2. The second-order valence-electron chi connectivity index (χ2n) is 20.7. The molecule has 338 valence electrons. The molecular weight excluding hydrogens is 902 g/mol. The quantitative estimate of drug-likeness (QED) is 0.162. The highest BCUT2D eigenvalue weighted by Gasteiger charge is 2.45. The Morgan fingerprint density at radius 1 is 0.257 bits per heavy atom. The lowest BCUT2D eigenvalue weighted by atomic mass is 9.31. The maximum atomic E-state index is 7.12. The first kappa shape index (κ1) is 38.1. The minimum absolute atomic E-state index is 0.0653. The number of benzene rings is 11. The summed E-state index contributed by atoms with van der Waals surface area (Å²) in [5, 5.41) is 10.0. The third-order valence-corrected chi connectivity index (χ3v) is 17.2. The first-order chi connectivity index (χ1) is 36.7. The number of hydrogen-bond donors (Lipinski definition) is 0. The Morgan fingerprint density at radius 2 is 0.662 bits per heavy atom. The van der Waals surface area contributed by atoms with E-state index in [1.54, 1.807) is 0 Å². The van der Waals surface area contributed by atoms with Crippen LogP contribution in [0.15, 0.2) is 218 Å². The zero-order chi connectivity index (χ0) is 47.7. The van der Waals surface area contributed by atoms with Crippen molar-refractivity contribution in [2.45, 2.75) is 0 Å². The van der Waals surface area contributed by atoms with Gasteiger partial charge in [0.1, 0.15) is 23.0 Å². The minimum atomic E-state index is -0.0653. The highest BCUT2D eigenvalue weighted by atomic mass is 16.5. The van der Waals surface area contributed by atoms with Crippen molar-refractivity contribution < 1.29 is 9.47 Å². The molecule has 0 unspecified atom stereocenters. The van der Waals surface area contributed by atoms with Crippen LogP contribution in [0.1, 0.15) is 0 Å². The molecule has 4 aliphatic rings. The first-order valence-corrected chi connectivity index (χ1v) is 25.6. The highest BCUT2D eigenvalue weighted by molar-refractivity contribution is 7.02. The summed E-state index contributed by atoms with van der Waals surface area (Å²) in [6, 6.07) is 80.6. The van der Waals surface area contributed by atoms with Crippen LogP contribution in [0.25, 0.3) is 110 Å². The van der Waals surface area contributed by atoms with Gasteiger partial charge in [-0.15, -0.1) is 0 Å². The van der Waals surface area contributed by atoms with Crippen LogP contribution in [0.3, 0.4) is 0 Å². The predicted molar refractivity (Wildman–Crippen MR) is 306 cm³/mol. The van der Waals surface area contributed by atoms with Crippen LogP contribution in [-0.4, -0.2) is 31.7 Å². The smallest absolute Gasteiger partial charge is 0.256 e. The average Bonchev–Trinajstić information content (AvgIpc) is 4.17. The molecule has 15 aromatic rings. The molecule has 0 bridgehead atoms. The summed E-state index contributed by atoms with van der Waals surface area (Å²) in [6.07, 6.45) is 0. The molecule has 0 atom stereocenters. The molecule has 0 amide bonds. The van der Waals surface area contributed by atoms with E-state index in [4.69, 9.17) is 9.47 Å². The van der Waals surface area contributed by atoms with Gasteiger partial charge >= 0.3 is 0 Å². The second kappa shape index (κ2) is 13.2. The molecule has 11 aromatic carbocycles. The summed E-state index contributed by atoms with van der Waals surface area (Å²) < 4.78 is 24.1. The number of nitrogens with zero attached hydrogens (tertiary/aromatic N) is 4. The monoisotopic (exact) mass is 938 g/mol. The zero-order valence-electron chi connectivity index (χ0n) is 39.5. The largest absolute Gasteiger partial charge is 0.458 e. The number of hydrogen-bond acceptors (Lipinski definition) is 2. The first-order valence-electron chi connectivity index (χ1n) is 25.6. The normalized spacial score (nSPS) is 13.6. The second-order valence-corrected chi connectivity index (χ2v) is 20.7. The van der Waals surface area contributed by atoms with Gasteiger partial charge in [-0.2, -0.15) is 0 Å². The van der Waals surface area contributed by atoms with E-state index in [1.807, 2.05) is 0 Å². The van der Waals surface area contributed by atoms with E-state index in [1.165, 1.54) is 120 Å². The van der Waals surface area contributed by atoms with Crippen LogP contribution < -0.4 is 42.3 Å². The Balaban J connectivity index is 0.850. The summed E-state index contributed by atoms with van der Waals surface area (Å²) in [5.41, 5.74) is 21.6. The van der Waals surface area contributed by atoms with Crippen molar-refractivity contribution in [1.29, 1.82) is 0 Å². The molecule has 0 saturated carbocycles. The van der Waals surface area contributed by atoms with E-state index in [-0.39, 0.29) is 13.4 Å². The Hall–Kier alpha value is -9.65. The van der Waals surface area contributed by atoms with E-state index in [0.717, 1.165) is 45.7 Å². The van der Waals surface area contributed by atoms with E-state index < -0.39 is 0 Å².